The maximum Gasteiger partial charge on any atom is 0.233 e. The highest BCUT2D eigenvalue weighted by atomic mass is 32.2. The van der Waals surface area contributed by atoms with Crippen molar-refractivity contribution in [2.45, 2.75) is 43.1 Å². The fourth-order valence-electron chi connectivity index (χ4n) is 2.78. The van der Waals surface area contributed by atoms with E-state index in [0.717, 1.165) is 24.1 Å². The summed E-state index contributed by atoms with van der Waals surface area (Å²) in [5, 5.41) is 15.3. The van der Waals surface area contributed by atoms with Gasteiger partial charge in [0.25, 0.3) is 0 Å². The summed E-state index contributed by atoms with van der Waals surface area (Å²) in [6.07, 6.45) is 1.89. The number of aromatic nitrogens is 4. The lowest BCUT2D eigenvalue weighted by molar-refractivity contribution is -0.121. The molecular weight excluding hydrogens is 358 g/mol. The molecule has 2 unspecified atom stereocenters. The van der Waals surface area contributed by atoms with Crippen molar-refractivity contribution in [2.75, 3.05) is 0 Å². The Morgan fingerprint density at radius 2 is 1.78 bits per heavy atom. The number of nitrogens with zero attached hydrogens (tertiary/aromatic N) is 4. The maximum absolute atomic E-state index is 12.8. The summed E-state index contributed by atoms with van der Waals surface area (Å²) in [6.45, 7) is 3.99. The zero-order chi connectivity index (χ0) is 19.1. The molecular formula is C20H23N5OS. The Labute approximate surface area is 163 Å². The van der Waals surface area contributed by atoms with Crippen LogP contribution in [0.1, 0.15) is 38.3 Å². The Morgan fingerprint density at radius 1 is 1.11 bits per heavy atom. The van der Waals surface area contributed by atoms with Gasteiger partial charge >= 0.3 is 0 Å². The van der Waals surface area contributed by atoms with Gasteiger partial charge in [-0.25, -0.2) is 0 Å². The summed E-state index contributed by atoms with van der Waals surface area (Å²) in [7, 11) is 0. The molecule has 27 heavy (non-hydrogen) atoms. The van der Waals surface area contributed by atoms with Gasteiger partial charge in [-0.05, 0) is 41.5 Å². The zero-order valence-electron chi connectivity index (χ0n) is 15.4. The van der Waals surface area contributed by atoms with Crippen molar-refractivity contribution in [3.8, 4) is 5.69 Å². The summed E-state index contributed by atoms with van der Waals surface area (Å²) in [4.78, 5) is 12.8. The Balaban J connectivity index is 1.68. The first-order valence-corrected chi connectivity index (χ1v) is 9.92. The number of thioether (sulfide) groups is 1. The Kier molecular flexibility index (Phi) is 6.59. The first-order valence-electron chi connectivity index (χ1n) is 9.04. The number of hydrogen-bond donors (Lipinski definition) is 1. The van der Waals surface area contributed by atoms with Gasteiger partial charge in [-0.3, -0.25) is 4.79 Å². The van der Waals surface area contributed by atoms with E-state index in [9.17, 15) is 4.79 Å². The summed E-state index contributed by atoms with van der Waals surface area (Å²) in [6, 6.07) is 19.7. The van der Waals surface area contributed by atoms with Crippen molar-refractivity contribution in [1.82, 2.24) is 25.5 Å². The minimum absolute atomic E-state index is 0.0110. The molecule has 0 saturated heterocycles. The van der Waals surface area contributed by atoms with E-state index in [2.05, 4.69) is 27.8 Å². The van der Waals surface area contributed by atoms with Crippen LogP contribution in [-0.2, 0) is 4.79 Å². The normalized spacial score (nSPS) is 13.1. The highest BCUT2D eigenvalue weighted by molar-refractivity contribution is 8.00. The minimum Gasteiger partial charge on any atom is -0.348 e. The predicted molar refractivity (Wildman–Crippen MR) is 107 cm³/mol. The molecule has 0 bridgehead atoms. The van der Waals surface area contributed by atoms with Gasteiger partial charge in [0.1, 0.15) is 0 Å². The lowest BCUT2D eigenvalue weighted by Gasteiger charge is -2.20. The first kappa shape index (κ1) is 19.1. The van der Waals surface area contributed by atoms with E-state index in [1.807, 2.05) is 67.6 Å². The van der Waals surface area contributed by atoms with Crippen LogP contribution in [0.3, 0.4) is 0 Å². The third kappa shape index (κ3) is 4.95. The predicted octanol–water partition coefficient (Wildman–Crippen LogP) is 3.80. The number of nitrogens with one attached hydrogen (secondary N) is 1. The van der Waals surface area contributed by atoms with Crippen LogP contribution in [0.2, 0.25) is 0 Å². The average molecular weight is 382 g/mol. The second-order valence-electron chi connectivity index (χ2n) is 6.23. The molecule has 0 saturated carbocycles. The van der Waals surface area contributed by atoms with E-state index < -0.39 is 0 Å². The van der Waals surface area contributed by atoms with Crippen molar-refractivity contribution in [3.63, 3.8) is 0 Å². The molecule has 1 amide bonds. The van der Waals surface area contributed by atoms with E-state index in [1.54, 1.807) is 4.68 Å². The molecule has 1 heterocycles. The molecule has 0 aliphatic rings. The molecule has 0 aliphatic heterocycles. The van der Waals surface area contributed by atoms with Crippen molar-refractivity contribution >= 4 is 17.7 Å². The van der Waals surface area contributed by atoms with E-state index in [-0.39, 0.29) is 17.2 Å². The van der Waals surface area contributed by atoms with Crippen LogP contribution in [0.25, 0.3) is 5.69 Å². The molecule has 2 atom stereocenters. The van der Waals surface area contributed by atoms with Gasteiger partial charge in [0, 0.05) is 0 Å². The molecule has 0 aliphatic carbocycles. The van der Waals surface area contributed by atoms with E-state index in [4.69, 9.17) is 0 Å². The number of amides is 1. The summed E-state index contributed by atoms with van der Waals surface area (Å²) < 4.78 is 1.65. The van der Waals surface area contributed by atoms with Gasteiger partial charge in [0.05, 0.1) is 17.0 Å². The van der Waals surface area contributed by atoms with Crippen LogP contribution in [0.4, 0.5) is 0 Å². The maximum atomic E-state index is 12.8. The van der Waals surface area contributed by atoms with E-state index >= 15 is 0 Å². The number of carbonyl (C=O) groups excluding carboxylic acids is 1. The third-order valence-electron chi connectivity index (χ3n) is 4.19. The highest BCUT2D eigenvalue weighted by Gasteiger charge is 2.22. The van der Waals surface area contributed by atoms with Crippen molar-refractivity contribution in [3.05, 3.63) is 66.2 Å². The van der Waals surface area contributed by atoms with Crippen molar-refractivity contribution in [2.24, 2.45) is 0 Å². The molecule has 1 N–H and O–H groups in total. The molecule has 3 aromatic rings. The highest BCUT2D eigenvalue weighted by Crippen LogP contribution is 2.24. The van der Waals surface area contributed by atoms with Crippen LogP contribution >= 0.6 is 11.8 Å². The smallest absolute Gasteiger partial charge is 0.233 e. The van der Waals surface area contributed by atoms with Crippen LogP contribution in [0.15, 0.2) is 65.8 Å². The van der Waals surface area contributed by atoms with Crippen molar-refractivity contribution in [1.29, 1.82) is 0 Å². The Morgan fingerprint density at radius 3 is 2.44 bits per heavy atom. The second kappa shape index (κ2) is 9.32. The lowest BCUT2D eigenvalue weighted by atomic mass is 10.0. The van der Waals surface area contributed by atoms with E-state index in [0.29, 0.717) is 5.16 Å². The van der Waals surface area contributed by atoms with Gasteiger partial charge in [-0.2, -0.15) is 4.68 Å². The topological polar surface area (TPSA) is 72.7 Å². The average Bonchev–Trinajstić information content (AvgIpc) is 3.17. The number of carbonyl (C=O) groups is 1. The Hall–Kier alpha value is -2.67. The van der Waals surface area contributed by atoms with Gasteiger partial charge in [0.15, 0.2) is 0 Å². The number of para-hydroxylation sites is 1. The molecule has 0 radical (unpaired) electrons. The molecule has 6 nitrogen and oxygen atoms in total. The quantitative estimate of drug-likeness (QED) is 0.601. The standard InChI is InChI=1S/C20H23N5OS/c1-3-10-18(16-11-6-4-7-12-16)21-19(26)15(2)27-20-22-23-24-25(20)17-13-8-5-9-14-17/h4-9,11-15,18H,3,10H2,1-2H3,(H,21,26). The largest absolute Gasteiger partial charge is 0.348 e. The van der Waals surface area contributed by atoms with E-state index in [1.165, 1.54) is 11.8 Å². The molecule has 140 valence electrons. The number of rotatable bonds is 8. The monoisotopic (exact) mass is 381 g/mol. The van der Waals surface area contributed by atoms with Crippen LogP contribution in [-0.4, -0.2) is 31.4 Å². The molecule has 2 aromatic carbocycles. The molecule has 1 aromatic heterocycles. The molecule has 0 fully saturated rings. The number of benzene rings is 2. The van der Waals surface area contributed by atoms with Gasteiger partial charge < -0.3 is 5.32 Å². The van der Waals surface area contributed by atoms with Crippen molar-refractivity contribution < 1.29 is 4.79 Å². The molecule has 0 spiro atoms. The minimum atomic E-state index is -0.318. The van der Waals surface area contributed by atoms with Gasteiger partial charge in [0.2, 0.25) is 11.1 Å². The summed E-state index contributed by atoms with van der Waals surface area (Å²) in [5.41, 5.74) is 1.99. The molecule has 7 heteroatoms. The van der Waals surface area contributed by atoms with Gasteiger partial charge in [-0.1, -0.05) is 73.6 Å². The zero-order valence-corrected chi connectivity index (χ0v) is 16.3. The van der Waals surface area contributed by atoms with Crippen LogP contribution in [0, 0.1) is 0 Å². The van der Waals surface area contributed by atoms with Crippen LogP contribution in [0.5, 0.6) is 0 Å². The fraction of sp³-hybridized carbons (Fsp3) is 0.300. The molecule has 3 rings (SSSR count). The SMILES string of the molecule is CCCC(NC(=O)C(C)Sc1nnnn1-c1ccccc1)c1ccccc1. The second-order valence-corrected chi connectivity index (χ2v) is 7.54. The lowest BCUT2D eigenvalue weighted by Crippen LogP contribution is -2.34. The third-order valence-corrected chi connectivity index (χ3v) is 5.22. The van der Waals surface area contributed by atoms with Crippen LogP contribution < -0.4 is 5.32 Å². The van der Waals surface area contributed by atoms with Gasteiger partial charge in [-0.15, -0.1) is 5.10 Å². The Bertz CT molecular complexity index is 853. The number of hydrogen-bond acceptors (Lipinski definition) is 5. The summed E-state index contributed by atoms with van der Waals surface area (Å²) >= 11 is 1.35. The number of tetrazole rings is 1. The first-order chi connectivity index (χ1) is 13.2. The summed E-state index contributed by atoms with van der Waals surface area (Å²) in [5.74, 6) is -0.0232. The fourth-order valence-corrected chi connectivity index (χ4v) is 3.60.